The summed E-state index contributed by atoms with van der Waals surface area (Å²) in [6.07, 6.45) is 3.03. The van der Waals surface area contributed by atoms with Crippen LogP contribution in [0.5, 0.6) is 0 Å². The number of nitrogens with zero attached hydrogens (tertiary/aromatic N) is 2. The fraction of sp³-hybridized carbons (Fsp3) is 0.400. The second kappa shape index (κ2) is 5.04. The third kappa shape index (κ3) is 2.64. The van der Waals surface area contributed by atoms with Crippen molar-refractivity contribution in [2.24, 2.45) is 5.73 Å². The van der Waals surface area contributed by atoms with E-state index in [1.807, 2.05) is 17.5 Å². The molecule has 0 atom stereocenters. The summed E-state index contributed by atoms with van der Waals surface area (Å²) in [6.45, 7) is 0.742. The van der Waals surface area contributed by atoms with Gasteiger partial charge in [0.1, 0.15) is 5.82 Å². The zero-order valence-electron chi connectivity index (χ0n) is 8.44. The Balaban J connectivity index is 1.98. The summed E-state index contributed by atoms with van der Waals surface area (Å²) in [4.78, 5) is 5.54. The second-order valence-corrected chi connectivity index (χ2v) is 4.28. The van der Waals surface area contributed by atoms with Crippen LogP contribution < -0.4 is 5.73 Å². The molecule has 2 aromatic heterocycles. The van der Waals surface area contributed by atoms with Crippen LogP contribution in [0.1, 0.15) is 18.7 Å². The molecule has 2 heterocycles. The maximum atomic E-state index is 5.43. The van der Waals surface area contributed by atoms with Gasteiger partial charge in [-0.2, -0.15) is 5.10 Å². The topological polar surface area (TPSA) is 67.6 Å². The van der Waals surface area contributed by atoms with Crippen molar-refractivity contribution in [1.29, 1.82) is 0 Å². The predicted molar refractivity (Wildman–Crippen MR) is 61.7 cm³/mol. The highest BCUT2D eigenvalue weighted by atomic mass is 32.1. The van der Waals surface area contributed by atoms with E-state index in [1.165, 1.54) is 0 Å². The van der Waals surface area contributed by atoms with Gasteiger partial charge in [-0.05, 0) is 30.8 Å². The highest BCUT2D eigenvalue weighted by Gasteiger charge is 2.05. The quantitative estimate of drug-likeness (QED) is 0.758. The number of aromatic amines is 1. The molecule has 2 rings (SSSR count). The molecule has 0 spiro atoms. The van der Waals surface area contributed by atoms with Gasteiger partial charge in [-0.3, -0.25) is 5.10 Å². The van der Waals surface area contributed by atoms with Crippen LogP contribution >= 0.6 is 11.3 Å². The summed E-state index contributed by atoms with van der Waals surface area (Å²) < 4.78 is 0. The van der Waals surface area contributed by atoms with Crippen molar-refractivity contribution in [2.75, 3.05) is 6.54 Å². The molecule has 0 saturated heterocycles. The Hall–Kier alpha value is -1.20. The summed E-state index contributed by atoms with van der Waals surface area (Å²) in [7, 11) is 0. The molecule has 0 unspecified atom stereocenters. The Bertz CT molecular complexity index is 393. The second-order valence-electron chi connectivity index (χ2n) is 3.33. The van der Waals surface area contributed by atoms with Gasteiger partial charge in [-0.15, -0.1) is 11.3 Å². The molecule has 80 valence electrons. The molecule has 2 aromatic rings. The molecule has 5 heteroatoms. The van der Waals surface area contributed by atoms with E-state index in [0.717, 1.165) is 42.3 Å². The Morgan fingerprint density at radius 2 is 2.33 bits per heavy atom. The van der Waals surface area contributed by atoms with Gasteiger partial charge >= 0.3 is 0 Å². The molecule has 0 saturated carbocycles. The highest BCUT2D eigenvalue weighted by molar-refractivity contribution is 7.13. The molecular formula is C10H14N4S. The number of hydrogen-bond acceptors (Lipinski definition) is 4. The molecule has 0 aliphatic carbocycles. The molecule has 0 aliphatic heterocycles. The van der Waals surface area contributed by atoms with Gasteiger partial charge in [0, 0.05) is 6.42 Å². The molecule has 3 N–H and O–H groups in total. The average molecular weight is 222 g/mol. The number of nitrogens with two attached hydrogens (primary N) is 1. The van der Waals surface area contributed by atoms with E-state index in [1.54, 1.807) is 11.3 Å². The fourth-order valence-corrected chi connectivity index (χ4v) is 2.02. The lowest BCUT2D eigenvalue weighted by Crippen LogP contribution is -1.99. The Labute approximate surface area is 92.5 Å². The summed E-state index contributed by atoms with van der Waals surface area (Å²) in [5, 5.41) is 9.17. The number of unbranched alkanes of at least 4 members (excludes halogenated alkanes) is 1. The largest absolute Gasteiger partial charge is 0.330 e. The van der Waals surface area contributed by atoms with Crippen LogP contribution in [0.3, 0.4) is 0 Å². The van der Waals surface area contributed by atoms with Crippen LogP contribution in [-0.2, 0) is 6.42 Å². The number of thiophene rings is 1. The van der Waals surface area contributed by atoms with E-state index in [9.17, 15) is 0 Å². The summed E-state index contributed by atoms with van der Waals surface area (Å²) in [5.41, 5.74) is 5.43. The minimum atomic E-state index is 0.742. The van der Waals surface area contributed by atoms with Gasteiger partial charge in [0.2, 0.25) is 0 Å². The first kappa shape index (κ1) is 10.3. The van der Waals surface area contributed by atoms with Crippen LogP contribution in [0, 0.1) is 0 Å². The van der Waals surface area contributed by atoms with Gasteiger partial charge in [0.15, 0.2) is 5.82 Å². The van der Waals surface area contributed by atoms with Crippen LogP contribution in [0.25, 0.3) is 10.7 Å². The zero-order chi connectivity index (χ0) is 10.5. The normalized spacial score (nSPS) is 10.7. The number of H-pyrrole nitrogens is 1. The van der Waals surface area contributed by atoms with E-state index >= 15 is 0 Å². The average Bonchev–Trinajstić information content (AvgIpc) is 2.87. The van der Waals surface area contributed by atoms with Crippen molar-refractivity contribution in [2.45, 2.75) is 19.3 Å². The first-order valence-corrected chi connectivity index (χ1v) is 5.93. The molecule has 0 fully saturated rings. The summed E-state index contributed by atoms with van der Waals surface area (Å²) in [6, 6.07) is 4.03. The smallest absolute Gasteiger partial charge is 0.191 e. The lowest BCUT2D eigenvalue weighted by Gasteiger charge is -1.93. The Morgan fingerprint density at radius 1 is 1.40 bits per heavy atom. The van der Waals surface area contributed by atoms with Gasteiger partial charge in [0.25, 0.3) is 0 Å². The van der Waals surface area contributed by atoms with Gasteiger partial charge in [-0.25, -0.2) is 4.98 Å². The SMILES string of the molecule is NCCCCc1nc(-c2cccs2)n[nH]1. The Kier molecular flexibility index (Phi) is 3.47. The number of hydrogen-bond donors (Lipinski definition) is 2. The van der Waals surface area contributed by atoms with E-state index in [0.29, 0.717) is 0 Å². The highest BCUT2D eigenvalue weighted by Crippen LogP contribution is 2.20. The number of rotatable bonds is 5. The predicted octanol–water partition coefficient (Wildman–Crippen LogP) is 1.81. The van der Waals surface area contributed by atoms with E-state index in [4.69, 9.17) is 5.73 Å². The van der Waals surface area contributed by atoms with Gasteiger partial charge in [-0.1, -0.05) is 6.07 Å². The Morgan fingerprint density at radius 3 is 3.07 bits per heavy atom. The first-order chi connectivity index (χ1) is 7.40. The van der Waals surface area contributed by atoms with Crippen molar-refractivity contribution in [1.82, 2.24) is 15.2 Å². The van der Waals surface area contributed by atoms with E-state index in [2.05, 4.69) is 15.2 Å². The molecule has 4 nitrogen and oxygen atoms in total. The number of nitrogens with one attached hydrogen (secondary N) is 1. The lowest BCUT2D eigenvalue weighted by atomic mass is 10.2. The van der Waals surface area contributed by atoms with E-state index in [-0.39, 0.29) is 0 Å². The lowest BCUT2D eigenvalue weighted by molar-refractivity contribution is 0.718. The van der Waals surface area contributed by atoms with Crippen molar-refractivity contribution in [3.05, 3.63) is 23.3 Å². The maximum absolute atomic E-state index is 5.43. The van der Waals surface area contributed by atoms with Crippen molar-refractivity contribution in [3.8, 4) is 10.7 Å². The van der Waals surface area contributed by atoms with Gasteiger partial charge in [0.05, 0.1) is 4.88 Å². The maximum Gasteiger partial charge on any atom is 0.191 e. The molecule has 0 aliphatic rings. The van der Waals surface area contributed by atoms with Crippen LogP contribution in [0.2, 0.25) is 0 Å². The third-order valence-electron chi connectivity index (χ3n) is 2.14. The van der Waals surface area contributed by atoms with Crippen LogP contribution in [0.15, 0.2) is 17.5 Å². The van der Waals surface area contributed by atoms with Gasteiger partial charge < -0.3 is 5.73 Å². The molecule has 0 bridgehead atoms. The van der Waals surface area contributed by atoms with Crippen LogP contribution in [0.4, 0.5) is 0 Å². The molecule has 15 heavy (non-hydrogen) atoms. The third-order valence-corrected chi connectivity index (χ3v) is 3.01. The standard InChI is InChI=1S/C10H14N4S/c11-6-2-1-5-9-12-10(14-13-9)8-4-3-7-15-8/h3-4,7H,1-2,5-6,11H2,(H,12,13,14). The number of aryl methyl sites for hydroxylation is 1. The zero-order valence-corrected chi connectivity index (χ0v) is 9.26. The van der Waals surface area contributed by atoms with E-state index < -0.39 is 0 Å². The summed E-state index contributed by atoms with van der Waals surface area (Å²) in [5.74, 6) is 1.75. The minimum absolute atomic E-state index is 0.742. The molecular weight excluding hydrogens is 208 g/mol. The van der Waals surface area contributed by atoms with Crippen molar-refractivity contribution < 1.29 is 0 Å². The fourth-order valence-electron chi connectivity index (χ4n) is 1.36. The van der Waals surface area contributed by atoms with Crippen LogP contribution in [-0.4, -0.2) is 21.7 Å². The van der Waals surface area contributed by atoms with Crippen molar-refractivity contribution >= 4 is 11.3 Å². The number of aromatic nitrogens is 3. The molecule has 0 radical (unpaired) electrons. The monoisotopic (exact) mass is 222 g/mol. The first-order valence-electron chi connectivity index (χ1n) is 5.05. The minimum Gasteiger partial charge on any atom is -0.330 e. The molecule has 0 amide bonds. The van der Waals surface area contributed by atoms with Crippen molar-refractivity contribution in [3.63, 3.8) is 0 Å². The molecule has 0 aromatic carbocycles. The summed E-state index contributed by atoms with van der Waals surface area (Å²) >= 11 is 1.65.